The molecule has 0 atom stereocenters. The zero-order valence-electron chi connectivity index (χ0n) is 13.8. The van der Waals surface area contributed by atoms with Crippen LogP contribution >= 0.6 is 0 Å². The van der Waals surface area contributed by atoms with Gasteiger partial charge in [-0.25, -0.2) is 9.37 Å². The first-order valence-electron chi connectivity index (χ1n) is 8.30. The summed E-state index contributed by atoms with van der Waals surface area (Å²) in [6.45, 7) is 2.15. The average Bonchev–Trinajstić information content (AvgIpc) is 3.12. The van der Waals surface area contributed by atoms with Gasteiger partial charge < -0.3 is 0 Å². The molecule has 0 saturated carbocycles. The third-order valence-electron chi connectivity index (χ3n) is 4.29. The summed E-state index contributed by atoms with van der Waals surface area (Å²) in [4.78, 5) is 8.92. The maximum atomic E-state index is 13.4. The van der Waals surface area contributed by atoms with Crippen molar-refractivity contribution in [1.82, 2.24) is 20.2 Å². The fraction of sp³-hybridized carbons (Fsp3) is 0.150. The van der Waals surface area contributed by atoms with Gasteiger partial charge in [-0.2, -0.15) is 5.10 Å². The summed E-state index contributed by atoms with van der Waals surface area (Å²) in [6.07, 6.45) is 7.29. The molecule has 25 heavy (non-hydrogen) atoms. The number of halogens is 1. The molecule has 4 nitrogen and oxygen atoms in total. The second kappa shape index (κ2) is 6.43. The number of nitrogens with one attached hydrogen (secondary N) is 1. The zero-order chi connectivity index (χ0) is 17.2. The van der Waals surface area contributed by atoms with Gasteiger partial charge in [-0.15, -0.1) is 0 Å². The van der Waals surface area contributed by atoms with Crippen molar-refractivity contribution in [3.8, 4) is 22.4 Å². The maximum absolute atomic E-state index is 13.4. The number of hydrogen-bond donors (Lipinski definition) is 1. The number of aryl methyl sites for hydroxylation is 1. The number of aromatic amines is 1. The summed E-state index contributed by atoms with van der Waals surface area (Å²) in [5.41, 5.74) is 5.76. The number of aromatic nitrogens is 4. The van der Waals surface area contributed by atoms with Crippen LogP contribution in [0.2, 0.25) is 0 Å². The van der Waals surface area contributed by atoms with Crippen molar-refractivity contribution in [2.75, 3.05) is 0 Å². The molecule has 0 unspecified atom stereocenters. The van der Waals surface area contributed by atoms with Gasteiger partial charge in [-0.3, -0.25) is 10.1 Å². The Balaban J connectivity index is 2.08. The molecule has 0 aliphatic heterocycles. The summed E-state index contributed by atoms with van der Waals surface area (Å²) in [6, 6.07) is 10.4. The summed E-state index contributed by atoms with van der Waals surface area (Å²) in [7, 11) is 0. The van der Waals surface area contributed by atoms with Crippen LogP contribution in [0.1, 0.15) is 18.9 Å². The van der Waals surface area contributed by atoms with E-state index >= 15 is 0 Å². The molecule has 0 amide bonds. The Morgan fingerprint density at radius 2 is 1.76 bits per heavy atom. The minimum Gasteiger partial charge on any atom is -0.265 e. The molecule has 3 heterocycles. The molecule has 0 spiro atoms. The SMILES string of the molecule is CCCc1c(-c2ccncc2)c(-c2ccc(F)cc2)nc2[nH]ncc12. The zero-order valence-corrected chi connectivity index (χ0v) is 13.8. The van der Waals surface area contributed by atoms with E-state index in [4.69, 9.17) is 4.98 Å². The highest BCUT2D eigenvalue weighted by molar-refractivity contribution is 5.94. The Kier molecular flexibility index (Phi) is 3.98. The second-order valence-electron chi connectivity index (χ2n) is 5.94. The quantitative estimate of drug-likeness (QED) is 0.585. The molecular formula is C20H17FN4. The van der Waals surface area contributed by atoms with E-state index in [0.717, 1.165) is 46.3 Å². The summed E-state index contributed by atoms with van der Waals surface area (Å²) < 4.78 is 13.4. The third kappa shape index (κ3) is 2.78. The number of hydrogen-bond acceptors (Lipinski definition) is 3. The van der Waals surface area contributed by atoms with E-state index in [2.05, 4.69) is 22.1 Å². The van der Waals surface area contributed by atoms with Gasteiger partial charge in [-0.1, -0.05) is 13.3 Å². The van der Waals surface area contributed by atoms with Crippen molar-refractivity contribution >= 4 is 11.0 Å². The van der Waals surface area contributed by atoms with E-state index in [1.807, 2.05) is 18.3 Å². The van der Waals surface area contributed by atoms with Gasteiger partial charge in [-0.05, 0) is 53.9 Å². The van der Waals surface area contributed by atoms with E-state index in [1.165, 1.54) is 17.7 Å². The summed E-state index contributed by atoms with van der Waals surface area (Å²) >= 11 is 0. The van der Waals surface area contributed by atoms with Crippen molar-refractivity contribution in [1.29, 1.82) is 0 Å². The summed E-state index contributed by atoms with van der Waals surface area (Å²) in [5, 5.41) is 8.17. The molecule has 0 fully saturated rings. The van der Waals surface area contributed by atoms with Gasteiger partial charge in [0.05, 0.1) is 11.9 Å². The van der Waals surface area contributed by atoms with Crippen LogP contribution in [0, 0.1) is 5.82 Å². The fourth-order valence-electron chi connectivity index (χ4n) is 3.19. The van der Waals surface area contributed by atoms with Crippen molar-refractivity contribution in [3.05, 3.63) is 66.4 Å². The van der Waals surface area contributed by atoms with Crippen LogP contribution in [0.4, 0.5) is 4.39 Å². The lowest BCUT2D eigenvalue weighted by atomic mass is 9.91. The Hall–Kier alpha value is -3.08. The van der Waals surface area contributed by atoms with E-state index in [9.17, 15) is 4.39 Å². The summed E-state index contributed by atoms with van der Waals surface area (Å²) in [5.74, 6) is -0.259. The monoisotopic (exact) mass is 332 g/mol. The van der Waals surface area contributed by atoms with Crippen LogP contribution in [0.3, 0.4) is 0 Å². The number of fused-ring (bicyclic) bond motifs is 1. The maximum Gasteiger partial charge on any atom is 0.156 e. The molecule has 1 aromatic carbocycles. The van der Waals surface area contributed by atoms with Crippen LogP contribution in [-0.2, 0) is 6.42 Å². The van der Waals surface area contributed by atoms with Gasteiger partial charge in [0.2, 0.25) is 0 Å². The Bertz CT molecular complexity index is 1010. The van der Waals surface area contributed by atoms with E-state index in [1.54, 1.807) is 24.5 Å². The van der Waals surface area contributed by atoms with E-state index < -0.39 is 0 Å². The second-order valence-corrected chi connectivity index (χ2v) is 5.94. The Labute approximate surface area is 144 Å². The number of benzene rings is 1. The third-order valence-corrected chi connectivity index (χ3v) is 4.29. The molecule has 4 aromatic rings. The van der Waals surface area contributed by atoms with Gasteiger partial charge >= 0.3 is 0 Å². The smallest absolute Gasteiger partial charge is 0.156 e. The standard InChI is InChI=1S/C20H17FN4/c1-2-3-16-17-12-23-25-20(17)24-19(14-4-6-15(21)7-5-14)18(16)13-8-10-22-11-9-13/h4-12H,2-3H2,1H3,(H,23,24,25). The predicted octanol–water partition coefficient (Wildman–Crippen LogP) is 4.78. The minimum atomic E-state index is -0.259. The highest BCUT2D eigenvalue weighted by Crippen LogP contribution is 2.37. The number of H-pyrrole nitrogens is 1. The van der Waals surface area contributed by atoms with E-state index in [-0.39, 0.29) is 5.82 Å². The molecule has 0 radical (unpaired) electrons. The molecule has 0 aliphatic rings. The molecule has 5 heteroatoms. The van der Waals surface area contributed by atoms with Crippen LogP contribution in [0.25, 0.3) is 33.4 Å². The first kappa shape index (κ1) is 15.4. The largest absolute Gasteiger partial charge is 0.265 e. The first-order valence-corrected chi connectivity index (χ1v) is 8.30. The van der Waals surface area contributed by atoms with Gasteiger partial charge in [0.25, 0.3) is 0 Å². The molecule has 0 aliphatic carbocycles. The molecule has 3 aromatic heterocycles. The van der Waals surface area contributed by atoms with Crippen molar-refractivity contribution < 1.29 is 4.39 Å². The Morgan fingerprint density at radius 1 is 1.00 bits per heavy atom. The van der Waals surface area contributed by atoms with Crippen LogP contribution in [-0.4, -0.2) is 20.2 Å². The van der Waals surface area contributed by atoms with Crippen LogP contribution in [0.15, 0.2) is 55.0 Å². The lowest BCUT2D eigenvalue weighted by molar-refractivity contribution is 0.628. The van der Waals surface area contributed by atoms with Crippen molar-refractivity contribution in [2.45, 2.75) is 19.8 Å². The van der Waals surface area contributed by atoms with Gasteiger partial charge in [0, 0.05) is 28.9 Å². The molecule has 124 valence electrons. The lowest BCUT2D eigenvalue weighted by Gasteiger charge is -2.15. The predicted molar refractivity (Wildman–Crippen MR) is 96.5 cm³/mol. The van der Waals surface area contributed by atoms with Gasteiger partial charge in [0.15, 0.2) is 5.65 Å². The topological polar surface area (TPSA) is 54.5 Å². The van der Waals surface area contributed by atoms with Crippen LogP contribution < -0.4 is 0 Å². The molecule has 4 rings (SSSR count). The number of pyridine rings is 2. The molecule has 1 N–H and O–H groups in total. The number of rotatable bonds is 4. The normalized spacial score (nSPS) is 11.1. The highest BCUT2D eigenvalue weighted by atomic mass is 19.1. The Morgan fingerprint density at radius 3 is 2.48 bits per heavy atom. The van der Waals surface area contributed by atoms with Crippen LogP contribution in [0.5, 0.6) is 0 Å². The first-order chi connectivity index (χ1) is 12.3. The van der Waals surface area contributed by atoms with Gasteiger partial charge in [0.1, 0.15) is 5.82 Å². The molecule has 0 saturated heterocycles. The van der Waals surface area contributed by atoms with E-state index in [0.29, 0.717) is 0 Å². The lowest BCUT2D eigenvalue weighted by Crippen LogP contribution is -1.98. The molecule has 0 bridgehead atoms. The minimum absolute atomic E-state index is 0.259. The van der Waals surface area contributed by atoms with Crippen molar-refractivity contribution in [3.63, 3.8) is 0 Å². The average molecular weight is 332 g/mol. The number of nitrogens with zero attached hydrogens (tertiary/aromatic N) is 3. The fourth-order valence-corrected chi connectivity index (χ4v) is 3.19. The molecular weight excluding hydrogens is 315 g/mol. The highest BCUT2D eigenvalue weighted by Gasteiger charge is 2.18. The van der Waals surface area contributed by atoms with Crippen molar-refractivity contribution in [2.24, 2.45) is 0 Å².